The van der Waals surface area contributed by atoms with Crippen LogP contribution in [0.1, 0.15) is 40.0 Å². The van der Waals surface area contributed by atoms with Crippen LogP contribution >= 0.6 is 0 Å². The van der Waals surface area contributed by atoms with E-state index in [1.54, 1.807) is 4.90 Å². The zero-order chi connectivity index (χ0) is 16.2. The molecule has 120 valence electrons. The Kier molecular flexibility index (Phi) is 5.57. The molecule has 0 bridgehead atoms. The monoisotopic (exact) mass is 299 g/mol. The maximum Gasteiger partial charge on any atom is 0.317 e. The van der Waals surface area contributed by atoms with Gasteiger partial charge in [0.25, 0.3) is 0 Å². The number of urea groups is 1. The van der Waals surface area contributed by atoms with Crippen molar-refractivity contribution in [1.29, 1.82) is 0 Å². The lowest BCUT2D eigenvalue weighted by atomic mass is 9.85. The highest BCUT2D eigenvalue weighted by atomic mass is 16.4. The van der Waals surface area contributed by atoms with Gasteiger partial charge >= 0.3 is 12.0 Å². The molecule has 4 N–H and O–H groups in total. The maximum absolute atomic E-state index is 12.2. The molecule has 1 saturated heterocycles. The summed E-state index contributed by atoms with van der Waals surface area (Å²) in [4.78, 5) is 35.8. The lowest BCUT2D eigenvalue weighted by Gasteiger charge is -2.35. The number of piperidine rings is 1. The normalized spacial score (nSPS) is 18.1. The lowest BCUT2D eigenvalue weighted by Crippen LogP contribution is -2.52. The van der Waals surface area contributed by atoms with Crippen LogP contribution in [0, 0.1) is 11.3 Å². The summed E-state index contributed by atoms with van der Waals surface area (Å²) in [5, 5.41) is 11.7. The Bertz CT molecular complexity index is 409. The summed E-state index contributed by atoms with van der Waals surface area (Å²) < 4.78 is 0. The van der Waals surface area contributed by atoms with Crippen molar-refractivity contribution in [1.82, 2.24) is 10.2 Å². The molecule has 3 amide bonds. The van der Waals surface area contributed by atoms with Gasteiger partial charge in [-0.1, -0.05) is 20.8 Å². The number of carbonyl (C=O) groups is 3. The van der Waals surface area contributed by atoms with Crippen molar-refractivity contribution in [3.63, 3.8) is 0 Å². The summed E-state index contributed by atoms with van der Waals surface area (Å²) >= 11 is 0. The number of amides is 3. The van der Waals surface area contributed by atoms with Crippen LogP contribution in [-0.2, 0) is 9.59 Å². The van der Waals surface area contributed by atoms with Crippen LogP contribution in [0.3, 0.4) is 0 Å². The number of likely N-dealkylation sites (tertiary alicyclic amines) is 1. The number of carbonyl (C=O) groups excluding carboxylic acids is 2. The number of hydrogen-bond acceptors (Lipinski definition) is 3. The molecule has 1 aliphatic heterocycles. The minimum atomic E-state index is -0.942. The maximum atomic E-state index is 12.2. The van der Waals surface area contributed by atoms with E-state index < -0.39 is 12.0 Å². The Balaban J connectivity index is 2.59. The largest absolute Gasteiger partial charge is 0.481 e. The second-order valence-electron chi connectivity index (χ2n) is 6.63. The number of nitrogens with zero attached hydrogens (tertiary/aromatic N) is 1. The number of hydrogen-bond donors (Lipinski definition) is 3. The first-order valence-corrected chi connectivity index (χ1v) is 7.18. The van der Waals surface area contributed by atoms with Gasteiger partial charge in [0.15, 0.2) is 0 Å². The minimum Gasteiger partial charge on any atom is -0.481 e. The fourth-order valence-corrected chi connectivity index (χ4v) is 2.36. The molecule has 1 atom stereocenters. The molecule has 1 unspecified atom stereocenters. The molecule has 1 fully saturated rings. The van der Waals surface area contributed by atoms with Crippen molar-refractivity contribution < 1.29 is 19.5 Å². The van der Waals surface area contributed by atoms with Crippen LogP contribution in [0.2, 0.25) is 0 Å². The van der Waals surface area contributed by atoms with Crippen LogP contribution in [0.5, 0.6) is 0 Å². The Labute approximate surface area is 124 Å². The average molecular weight is 299 g/mol. The standard InChI is InChI=1S/C14H25N3O4/c1-14(2,3)10(8-11(18)19)16-13(21)17-6-4-9(5-7-17)12(15)20/h9-10H,4-8H2,1-3H3,(H2,15,20)(H,16,21)(H,18,19). The molecule has 1 heterocycles. The van der Waals surface area contributed by atoms with Crippen LogP contribution < -0.4 is 11.1 Å². The molecule has 1 rings (SSSR count). The van der Waals surface area contributed by atoms with Gasteiger partial charge in [-0.2, -0.15) is 0 Å². The van der Waals surface area contributed by atoms with Gasteiger partial charge < -0.3 is 21.1 Å². The van der Waals surface area contributed by atoms with E-state index in [0.29, 0.717) is 25.9 Å². The Morgan fingerprint density at radius 2 is 1.81 bits per heavy atom. The van der Waals surface area contributed by atoms with Crippen LogP contribution in [0.4, 0.5) is 4.79 Å². The van der Waals surface area contributed by atoms with Crippen molar-refractivity contribution in [2.45, 2.75) is 46.1 Å². The van der Waals surface area contributed by atoms with Gasteiger partial charge in [0.2, 0.25) is 5.91 Å². The second kappa shape index (κ2) is 6.78. The first-order valence-electron chi connectivity index (χ1n) is 7.18. The molecular weight excluding hydrogens is 274 g/mol. The molecular formula is C14H25N3O4. The molecule has 0 aromatic heterocycles. The van der Waals surface area contributed by atoms with Gasteiger partial charge in [-0.25, -0.2) is 4.79 Å². The van der Waals surface area contributed by atoms with Gasteiger partial charge in [0.05, 0.1) is 6.42 Å². The zero-order valence-electron chi connectivity index (χ0n) is 12.9. The number of nitrogens with one attached hydrogen (secondary N) is 1. The highest BCUT2D eigenvalue weighted by Gasteiger charge is 2.31. The number of primary amides is 1. The molecule has 0 radical (unpaired) electrons. The smallest absolute Gasteiger partial charge is 0.317 e. The van der Waals surface area contributed by atoms with E-state index in [9.17, 15) is 14.4 Å². The molecule has 0 aromatic carbocycles. The summed E-state index contributed by atoms with van der Waals surface area (Å²) in [6, 6.07) is -0.726. The fraction of sp³-hybridized carbons (Fsp3) is 0.786. The summed E-state index contributed by atoms with van der Waals surface area (Å²) in [7, 11) is 0. The third kappa shape index (κ3) is 5.24. The van der Waals surface area contributed by atoms with Crippen molar-refractivity contribution in [2.75, 3.05) is 13.1 Å². The molecule has 0 saturated carbocycles. The highest BCUT2D eigenvalue weighted by Crippen LogP contribution is 2.23. The van der Waals surface area contributed by atoms with Crippen LogP contribution in [-0.4, -0.2) is 47.0 Å². The van der Waals surface area contributed by atoms with Gasteiger partial charge in [0, 0.05) is 25.0 Å². The van der Waals surface area contributed by atoms with E-state index in [2.05, 4.69) is 5.32 Å². The van der Waals surface area contributed by atoms with Crippen LogP contribution in [0.15, 0.2) is 0 Å². The Hall–Kier alpha value is -1.79. The molecule has 7 heteroatoms. The second-order valence-corrected chi connectivity index (χ2v) is 6.63. The third-order valence-corrected chi connectivity index (χ3v) is 3.91. The quantitative estimate of drug-likeness (QED) is 0.712. The summed E-state index contributed by atoms with van der Waals surface area (Å²) in [6.45, 7) is 6.59. The zero-order valence-corrected chi connectivity index (χ0v) is 12.9. The number of carboxylic acids is 1. The van der Waals surface area contributed by atoms with Gasteiger partial charge in [-0.3, -0.25) is 9.59 Å². The van der Waals surface area contributed by atoms with E-state index in [1.165, 1.54) is 0 Å². The lowest BCUT2D eigenvalue weighted by molar-refractivity contribution is -0.138. The molecule has 0 aliphatic carbocycles. The molecule has 21 heavy (non-hydrogen) atoms. The molecule has 0 spiro atoms. The van der Waals surface area contributed by atoms with Crippen molar-refractivity contribution in [2.24, 2.45) is 17.1 Å². The van der Waals surface area contributed by atoms with Gasteiger partial charge in [-0.15, -0.1) is 0 Å². The highest BCUT2D eigenvalue weighted by molar-refractivity contribution is 5.78. The fourth-order valence-electron chi connectivity index (χ4n) is 2.36. The Morgan fingerprint density at radius 3 is 2.19 bits per heavy atom. The summed E-state index contributed by atoms with van der Waals surface area (Å²) in [5.41, 5.74) is 4.91. The first kappa shape index (κ1) is 17.3. The van der Waals surface area contributed by atoms with Crippen molar-refractivity contribution >= 4 is 17.9 Å². The average Bonchev–Trinajstić information content (AvgIpc) is 2.36. The first-order chi connectivity index (χ1) is 9.61. The van der Waals surface area contributed by atoms with E-state index in [1.807, 2.05) is 20.8 Å². The van der Waals surface area contributed by atoms with E-state index >= 15 is 0 Å². The number of nitrogens with two attached hydrogens (primary N) is 1. The van der Waals surface area contributed by atoms with Crippen molar-refractivity contribution in [3.8, 4) is 0 Å². The van der Waals surface area contributed by atoms with E-state index in [-0.39, 0.29) is 29.7 Å². The number of rotatable bonds is 4. The minimum absolute atomic E-state index is 0.118. The van der Waals surface area contributed by atoms with Crippen molar-refractivity contribution in [3.05, 3.63) is 0 Å². The Morgan fingerprint density at radius 1 is 1.29 bits per heavy atom. The van der Waals surface area contributed by atoms with Crippen LogP contribution in [0.25, 0.3) is 0 Å². The molecule has 0 aromatic rings. The summed E-state index contributed by atoms with van der Waals surface area (Å²) in [5.74, 6) is -1.44. The predicted octanol–water partition coefficient (Wildman–Crippen LogP) is 0.783. The number of aliphatic carboxylic acids is 1. The SMILES string of the molecule is CC(C)(C)C(CC(=O)O)NC(=O)N1CCC(C(N)=O)CC1. The summed E-state index contributed by atoms with van der Waals surface area (Å²) in [6.07, 6.45) is 0.997. The predicted molar refractivity (Wildman–Crippen MR) is 77.5 cm³/mol. The van der Waals surface area contributed by atoms with Gasteiger partial charge in [0.1, 0.15) is 0 Å². The molecule has 7 nitrogen and oxygen atoms in total. The number of carboxylic acid groups (broad SMARTS) is 1. The van der Waals surface area contributed by atoms with Gasteiger partial charge in [-0.05, 0) is 18.3 Å². The van der Waals surface area contributed by atoms with E-state index in [0.717, 1.165) is 0 Å². The topological polar surface area (TPSA) is 113 Å². The van der Waals surface area contributed by atoms with E-state index in [4.69, 9.17) is 10.8 Å². The third-order valence-electron chi connectivity index (χ3n) is 3.91. The molecule has 1 aliphatic rings.